The highest BCUT2D eigenvalue weighted by Gasteiger charge is 2.20. The second kappa shape index (κ2) is 7.39. The number of carbonyl (C=O) groups excluding carboxylic acids is 1. The first-order valence-corrected chi connectivity index (χ1v) is 7.04. The van der Waals surface area contributed by atoms with Crippen molar-refractivity contribution in [3.63, 3.8) is 0 Å². The summed E-state index contributed by atoms with van der Waals surface area (Å²) in [5.74, 6) is 0.325. The number of halogens is 1. The van der Waals surface area contributed by atoms with E-state index in [1.165, 1.54) is 24.3 Å². The van der Waals surface area contributed by atoms with Gasteiger partial charge in [0.2, 0.25) is 5.91 Å². The molecule has 1 aromatic rings. The fraction of sp³-hybridized carbons (Fsp3) is 0.562. The van der Waals surface area contributed by atoms with E-state index < -0.39 is 12.1 Å². The summed E-state index contributed by atoms with van der Waals surface area (Å²) in [6.07, 6.45) is -0.396. The molecule has 0 saturated heterocycles. The van der Waals surface area contributed by atoms with E-state index in [0.717, 1.165) is 0 Å². The van der Waals surface area contributed by atoms with E-state index in [1.807, 2.05) is 6.92 Å². The van der Waals surface area contributed by atoms with E-state index in [-0.39, 0.29) is 11.7 Å². The number of carbonyl (C=O) groups is 1. The van der Waals surface area contributed by atoms with Crippen LogP contribution in [0.25, 0.3) is 0 Å². The van der Waals surface area contributed by atoms with Crippen molar-refractivity contribution in [2.75, 3.05) is 0 Å². The van der Waals surface area contributed by atoms with Gasteiger partial charge in [0.25, 0.3) is 0 Å². The lowest BCUT2D eigenvalue weighted by molar-refractivity contribution is -0.123. The van der Waals surface area contributed by atoms with Crippen LogP contribution in [-0.2, 0) is 4.79 Å². The second-order valence-corrected chi connectivity index (χ2v) is 5.78. The molecule has 1 amide bonds. The molecule has 0 aliphatic carbocycles. The first kappa shape index (κ1) is 16.6. The van der Waals surface area contributed by atoms with Gasteiger partial charge < -0.3 is 10.4 Å². The maximum atomic E-state index is 12.8. The van der Waals surface area contributed by atoms with E-state index in [4.69, 9.17) is 0 Å². The van der Waals surface area contributed by atoms with Gasteiger partial charge in [-0.2, -0.15) is 0 Å². The third kappa shape index (κ3) is 4.93. The molecule has 0 heterocycles. The van der Waals surface area contributed by atoms with E-state index >= 15 is 0 Å². The Kier molecular flexibility index (Phi) is 6.14. The number of aliphatic hydroxyl groups excluding tert-OH is 1. The maximum Gasteiger partial charge on any atom is 0.220 e. The minimum absolute atomic E-state index is 0.0696. The molecule has 0 bridgehead atoms. The van der Waals surface area contributed by atoms with Crippen molar-refractivity contribution in [3.8, 4) is 0 Å². The predicted molar refractivity (Wildman–Crippen MR) is 77.6 cm³/mol. The van der Waals surface area contributed by atoms with Crippen molar-refractivity contribution in [2.24, 2.45) is 11.8 Å². The first-order chi connectivity index (χ1) is 9.31. The first-order valence-electron chi connectivity index (χ1n) is 7.04. The molecular weight excluding hydrogens is 257 g/mol. The van der Waals surface area contributed by atoms with Crippen LogP contribution < -0.4 is 5.32 Å². The number of amides is 1. The molecule has 4 heteroatoms. The molecule has 1 aromatic carbocycles. The molecular formula is C16H24FNO2. The SMILES string of the molecule is CC(C)C(C)CC(=O)NC(C)C(O)c1ccc(F)cc1. The van der Waals surface area contributed by atoms with E-state index in [1.54, 1.807) is 6.92 Å². The summed E-state index contributed by atoms with van der Waals surface area (Å²) < 4.78 is 12.8. The number of hydrogen-bond donors (Lipinski definition) is 2. The molecule has 0 aliphatic rings. The molecule has 112 valence electrons. The summed E-state index contributed by atoms with van der Waals surface area (Å²) in [4.78, 5) is 11.9. The van der Waals surface area contributed by atoms with E-state index in [9.17, 15) is 14.3 Å². The van der Waals surface area contributed by atoms with Gasteiger partial charge in [-0.1, -0.05) is 32.9 Å². The van der Waals surface area contributed by atoms with Gasteiger partial charge in [0.05, 0.1) is 12.1 Å². The Morgan fingerprint density at radius 1 is 1.20 bits per heavy atom. The third-order valence-electron chi connectivity index (χ3n) is 3.72. The van der Waals surface area contributed by atoms with Gasteiger partial charge in [-0.25, -0.2) is 4.39 Å². The van der Waals surface area contributed by atoms with Crippen LogP contribution in [0.2, 0.25) is 0 Å². The van der Waals surface area contributed by atoms with Gasteiger partial charge >= 0.3 is 0 Å². The highest BCUT2D eigenvalue weighted by molar-refractivity contribution is 5.76. The quantitative estimate of drug-likeness (QED) is 0.842. The number of aliphatic hydroxyl groups is 1. The lowest BCUT2D eigenvalue weighted by Gasteiger charge is -2.22. The van der Waals surface area contributed by atoms with Crippen molar-refractivity contribution < 1.29 is 14.3 Å². The lowest BCUT2D eigenvalue weighted by atomic mass is 9.94. The topological polar surface area (TPSA) is 49.3 Å². The van der Waals surface area contributed by atoms with Gasteiger partial charge in [-0.3, -0.25) is 4.79 Å². The average Bonchev–Trinajstić information content (AvgIpc) is 2.38. The van der Waals surface area contributed by atoms with Crippen LogP contribution in [0, 0.1) is 17.7 Å². The minimum Gasteiger partial charge on any atom is -0.386 e. The Morgan fingerprint density at radius 3 is 2.25 bits per heavy atom. The van der Waals surface area contributed by atoms with Crippen molar-refractivity contribution >= 4 is 5.91 Å². The van der Waals surface area contributed by atoms with Crippen LogP contribution in [0.3, 0.4) is 0 Å². The molecule has 3 nitrogen and oxygen atoms in total. The molecule has 1 rings (SSSR count). The van der Waals surface area contributed by atoms with Crippen LogP contribution in [0.4, 0.5) is 4.39 Å². The summed E-state index contributed by atoms with van der Waals surface area (Å²) in [5, 5.41) is 12.9. The van der Waals surface area contributed by atoms with Crippen molar-refractivity contribution in [1.82, 2.24) is 5.32 Å². The maximum absolute atomic E-state index is 12.8. The fourth-order valence-corrected chi connectivity index (χ4v) is 1.87. The average molecular weight is 281 g/mol. The summed E-state index contributed by atoms with van der Waals surface area (Å²) in [6, 6.07) is 5.24. The van der Waals surface area contributed by atoms with E-state index in [2.05, 4.69) is 19.2 Å². The summed E-state index contributed by atoms with van der Waals surface area (Å²) >= 11 is 0. The van der Waals surface area contributed by atoms with E-state index in [0.29, 0.717) is 23.8 Å². The van der Waals surface area contributed by atoms with Crippen LogP contribution >= 0.6 is 0 Å². The molecule has 0 fully saturated rings. The van der Waals surface area contributed by atoms with Crippen LogP contribution in [0.15, 0.2) is 24.3 Å². The molecule has 0 aromatic heterocycles. The summed E-state index contributed by atoms with van der Waals surface area (Å²) in [6.45, 7) is 7.93. The van der Waals surface area contributed by atoms with Gasteiger partial charge in [-0.15, -0.1) is 0 Å². The smallest absolute Gasteiger partial charge is 0.220 e. The largest absolute Gasteiger partial charge is 0.386 e. The standard InChI is InChI=1S/C16H24FNO2/c1-10(2)11(3)9-15(19)18-12(4)16(20)13-5-7-14(17)8-6-13/h5-8,10-12,16,20H,9H2,1-4H3,(H,18,19). The number of benzene rings is 1. The van der Waals surface area contributed by atoms with Gasteiger partial charge in [0, 0.05) is 6.42 Å². The Labute approximate surface area is 120 Å². The third-order valence-corrected chi connectivity index (χ3v) is 3.72. The molecule has 0 saturated carbocycles. The molecule has 2 N–H and O–H groups in total. The molecule has 0 aliphatic heterocycles. The van der Waals surface area contributed by atoms with Crippen LogP contribution in [0.1, 0.15) is 45.8 Å². The zero-order valence-corrected chi connectivity index (χ0v) is 12.6. The predicted octanol–water partition coefficient (Wildman–Crippen LogP) is 3.05. The number of nitrogens with one attached hydrogen (secondary N) is 1. The molecule has 0 radical (unpaired) electrons. The minimum atomic E-state index is -0.839. The molecule has 20 heavy (non-hydrogen) atoms. The Hall–Kier alpha value is -1.42. The van der Waals surface area contributed by atoms with Crippen molar-refractivity contribution in [1.29, 1.82) is 0 Å². The molecule has 3 unspecified atom stereocenters. The second-order valence-electron chi connectivity index (χ2n) is 5.78. The molecule has 0 spiro atoms. The van der Waals surface area contributed by atoms with Crippen molar-refractivity contribution in [2.45, 2.75) is 46.3 Å². The van der Waals surface area contributed by atoms with Gasteiger partial charge in [0.15, 0.2) is 0 Å². The number of rotatable bonds is 6. The lowest BCUT2D eigenvalue weighted by Crippen LogP contribution is -2.38. The highest BCUT2D eigenvalue weighted by Crippen LogP contribution is 2.18. The Bertz CT molecular complexity index is 431. The highest BCUT2D eigenvalue weighted by atomic mass is 19.1. The van der Waals surface area contributed by atoms with Crippen LogP contribution in [0.5, 0.6) is 0 Å². The van der Waals surface area contributed by atoms with Gasteiger partial charge in [0.1, 0.15) is 5.82 Å². The zero-order chi connectivity index (χ0) is 15.3. The normalized spacial score (nSPS) is 15.8. The Balaban J connectivity index is 2.55. The Morgan fingerprint density at radius 2 is 1.75 bits per heavy atom. The fourth-order valence-electron chi connectivity index (χ4n) is 1.87. The van der Waals surface area contributed by atoms with Crippen molar-refractivity contribution in [3.05, 3.63) is 35.6 Å². The summed E-state index contributed by atoms with van der Waals surface area (Å²) in [5.41, 5.74) is 0.594. The van der Waals surface area contributed by atoms with Crippen LogP contribution in [-0.4, -0.2) is 17.1 Å². The molecule has 3 atom stereocenters. The number of hydrogen-bond acceptors (Lipinski definition) is 2. The van der Waals surface area contributed by atoms with Gasteiger partial charge in [-0.05, 0) is 36.5 Å². The zero-order valence-electron chi connectivity index (χ0n) is 12.6. The monoisotopic (exact) mass is 281 g/mol. The summed E-state index contributed by atoms with van der Waals surface area (Å²) in [7, 11) is 0.